The van der Waals surface area contributed by atoms with Crippen molar-refractivity contribution in [2.75, 3.05) is 6.61 Å². The molecule has 0 radical (unpaired) electrons. The molecule has 0 unspecified atom stereocenters. The number of hydrogen-bond acceptors (Lipinski definition) is 5. The van der Waals surface area contributed by atoms with Gasteiger partial charge in [0.1, 0.15) is 30.2 Å². The van der Waals surface area contributed by atoms with Gasteiger partial charge in [0.05, 0.1) is 12.9 Å². The van der Waals surface area contributed by atoms with Crippen molar-refractivity contribution in [1.82, 2.24) is 0 Å². The van der Waals surface area contributed by atoms with Crippen molar-refractivity contribution in [1.29, 1.82) is 0 Å². The molecule has 1 aliphatic heterocycles. The van der Waals surface area contributed by atoms with Gasteiger partial charge in [-0.25, -0.2) is 0 Å². The van der Waals surface area contributed by atoms with Crippen LogP contribution in [0.1, 0.15) is 11.9 Å². The van der Waals surface area contributed by atoms with E-state index in [9.17, 15) is 10.2 Å². The third-order valence-corrected chi connectivity index (χ3v) is 2.37. The summed E-state index contributed by atoms with van der Waals surface area (Å²) in [5.41, 5.74) is 0. The van der Waals surface area contributed by atoms with E-state index in [0.717, 1.165) is 0 Å². The summed E-state index contributed by atoms with van der Waals surface area (Å²) in [6.45, 7) is -0.324. The Morgan fingerprint density at radius 3 is 2.57 bits per heavy atom. The van der Waals surface area contributed by atoms with Crippen LogP contribution in [-0.2, 0) is 4.74 Å². The van der Waals surface area contributed by atoms with Gasteiger partial charge in [-0.3, -0.25) is 0 Å². The zero-order chi connectivity index (χ0) is 10.1. The first-order chi connectivity index (χ1) is 6.74. The van der Waals surface area contributed by atoms with E-state index < -0.39 is 24.4 Å². The minimum atomic E-state index is -1.07. The van der Waals surface area contributed by atoms with Gasteiger partial charge < -0.3 is 24.5 Å². The third-order valence-electron chi connectivity index (χ3n) is 2.37. The van der Waals surface area contributed by atoms with Gasteiger partial charge in [0.2, 0.25) is 0 Å². The Labute approximate surface area is 80.5 Å². The van der Waals surface area contributed by atoms with E-state index in [-0.39, 0.29) is 6.61 Å². The molecule has 78 valence electrons. The molecule has 2 heterocycles. The van der Waals surface area contributed by atoms with Crippen LogP contribution in [0.15, 0.2) is 22.8 Å². The molecule has 1 saturated heterocycles. The number of aliphatic hydroxyl groups is 3. The number of hydrogen-bond donors (Lipinski definition) is 3. The van der Waals surface area contributed by atoms with Gasteiger partial charge in [-0.2, -0.15) is 0 Å². The standard InChI is InChI=1S/C9H12O5/c10-4-6-7(11)8(12)9(14-6)5-2-1-3-13-5/h1-3,6-12H,4H2/t6-,7+,8+,9+/m1/s1. The van der Waals surface area contributed by atoms with E-state index in [2.05, 4.69) is 0 Å². The Balaban J connectivity index is 2.16. The fraction of sp³-hybridized carbons (Fsp3) is 0.556. The number of aliphatic hydroxyl groups excluding tert-OH is 3. The minimum absolute atomic E-state index is 0.324. The minimum Gasteiger partial charge on any atom is -0.466 e. The van der Waals surface area contributed by atoms with Crippen molar-refractivity contribution >= 4 is 0 Å². The quantitative estimate of drug-likeness (QED) is 0.595. The topological polar surface area (TPSA) is 83.1 Å². The molecule has 5 heteroatoms. The van der Waals surface area contributed by atoms with E-state index in [0.29, 0.717) is 5.76 Å². The molecule has 0 spiro atoms. The van der Waals surface area contributed by atoms with Crippen molar-refractivity contribution in [3.05, 3.63) is 24.2 Å². The van der Waals surface area contributed by atoms with Gasteiger partial charge in [0, 0.05) is 0 Å². The highest BCUT2D eigenvalue weighted by molar-refractivity contribution is 5.08. The van der Waals surface area contributed by atoms with Crippen LogP contribution in [-0.4, -0.2) is 40.2 Å². The third kappa shape index (κ3) is 1.44. The molecule has 4 atom stereocenters. The molecule has 14 heavy (non-hydrogen) atoms. The summed E-state index contributed by atoms with van der Waals surface area (Å²) in [6.07, 6.45) is -2.12. The highest BCUT2D eigenvalue weighted by atomic mass is 16.6. The summed E-state index contributed by atoms with van der Waals surface area (Å²) in [4.78, 5) is 0. The predicted molar refractivity (Wildman–Crippen MR) is 45.4 cm³/mol. The maximum absolute atomic E-state index is 9.58. The van der Waals surface area contributed by atoms with Gasteiger partial charge in [-0.1, -0.05) is 0 Å². The van der Waals surface area contributed by atoms with Crippen LogP contribution < -0.4 is 0 Å². The van der Waals surface area contributed by atoms with Gasteiger partial charge >= 0.3 is 0 Å². The molecular weight excluding hydrogens is 188 g/mol. The van der Waals surface area contributed by atoms with Crippen LogP contribution in [0.25, 0.3) is 0 Å². The number of rotatable bonds is 2. The maximum Gasteiger partial charge on any atom is 0.144 e. The van der Waals surface area contributed by atoms with E-state index in [1.54, 1.807) is 12.1 Å². The second-order valence-electron chi connectivity index (χ2n) is 3.27. The van der Waals surface area contributed by atoms with Crippen molar-refractivity contribution in [3.8, 4) is 0 Å². The zero-order valence-corrected chi connectivity index (χ0v) is 7.41. The van der Waals surface area contributed by atoms with Crippen LogP contribution >= 0.6 is 0 Å². The largest absolute Gasteiger partial charge is 0.466 e. The Kier molecular flexibility index (Phi) is 2.56. The van der Waals surface area contributed by atoms with E-state index in [1.807, 2.05) is 0 Å². The molecule has 1 aromatic rings. The van der Waals surface area contributed by atoms with Gasteiger partial charge in [-0.05, 0) is 12.1 Å². The van der Waals surface area contributed by atoms with Gasteiger partial charge in [0.25, 0.3) is 0 Å². The summed E-state index contributed by atoms with van der Waals surface area (Å²) in [5, 5.41) is 27.9. The summed E-state index contributed by atoms with van der Waals surface area (Å²) < 4.78 is 10.3. The summed E-state index contributed by atoms with van der Waals surface area (Å²) in [6, 6.07) is 3.32. The first-order valence-electron chi connectivity index (χ1n) is 4.40. The van der Waals surface area contributed by atoms with Crippen LogP contribution in [0.5, 0.6) is 0 Å². The second kappa shape index (κ2) is 3.70. The SMILES string of the molecule is OC[C@H]1O[C@@H](c2ccco2)[C@@H](O)[C@H]1O. The molecule has 1 aromatic heterocycles. The van der Waals surface area contributed by atoms with E-state index in [4.69, 9.17) is 14.3 Å². The Morgan fingerprint density at radius 1 is 1.29 bits per heavy atom. The number of ether oxygens (including phenoxy) is 1. The lowest BCUT2D eigenvalue weighted by Crippen LogP contribution is -2.32. The molecule has 1 fully saturated rings. The lowest BCUT2D eigenvalue weighted by molar-refractivity contribution is -0.0290. The van der Waals surface area contributed by atoms with E-state index in [1.165, 1.54) is 6.26 Å². The lowest BCUT2D eigenvalue weighted by atomic mass is 10.1. The average molecular weight is 200 g/mol. The average Bonchev–Trinajstić information content (AvgIpc) is 2.78. The first-order valence-corrected chi connectivity index (χ1v) is 4.40. The smallest absolute Gasteiger partial charge is 0.144 e. The molecule has 0 aromatic carbocycles. The lowest BCUT2D eigenvalue weighted by Gasteiger charge is -2.11. The highest BCUT2D eigenvalue weighted by Gasteiger charge is 2.44. The van der Waals surface area contributed by atoms with Crippen LogP contribution in [0.2, 0.25) is 0 Å². The van der Waals surface area contributed by atoms with Crippen LogP contribution in [0.4, 0.5) is 0 Å². The Bertz CT molecular complexity index is 283. The van der Waals surface area contributed by atoms with Crippen LogP contribution in [0.3, 0.4) is 0 Å². The zero-order valence-electron chi connectivity index (χ0n) is 7.41. The fourth-order valence-electron chi connectivity index (χ4n) is 1.59. The molecule has 5 nitrogen and oxygen atoms in total. The summed E-state index contributed by atoms with van der Waals surface area (Å²) in [7, 11) is 0. The number of furan rings is 1. The fourth-order valence-corrected chi connectivity index (χ4v) is 1.59. The molecule has 0 amide bonds. The normalized spacial score (nSPS) is 37.6. The molecule has 0 aliphatic carbocycles. The van der Waals surface area contributed by atoms with Crippen LogP contribution in [0, 0.1) is 0 Å². The highest BCUT2D eigenvalue weighted by Crippen LogP contribution is 2.33. The van der Waals surface area contributed by atoms with E-state index >= 15 is 0 Å². The second-order valence-corrected chi connectivity index (χ2v) is 3.27. The summed E-state index contributed by atoms with van der Waals surface area (Å²) >= 11 is 0. The molecule has 0 saturated carbocycles. The summed E-state index contributed by atoms with van der Waals surface area (Å²) in [5.74, 6) is 0.451. The Morgan fingerprint density at radius 2 is 2.07 bits per heavy atom. The molecule has 0 bridgehead atoms. The Hall–Kier alpha value is -0.880. The molecule has 3 N–H and O–H groups in total. The van der Waals surface area contributed by atoms with Crippen molar-refractivity contribution in [3.63, 3.8) is 0 Å². The monoisotopic (exact) mass is 200 g/mol. The van der Waals surface area contributed by atoms with Crippen molar-refractivity contribution < 1.29 is 24.5 Å². The maximum atomic E-state index is 9.58. The first kappa shape index (κ1) is 9.67. The van der Waals surface area contributed by atoms with Crippen molar-refractivity contribution in [2.45, 2.75) is 24.4 Å². The molecule has 2 rings (SSSR count). The van der Waals surface area contributed by atoms with Gasteiger partial charge in [-0.15, -0.1) is 0 Å². The van der Waals surface area contributed by atoms with Gasteiger partial charge in [0.15, 0.2) is 0 Å². The predicted octanol–water partition coefficient (Wildman–Crippen LogP) is -0.566. The molecule has 1 aliphatic rings. The van der Waals surface area contributed by atoms with Crippen molar-refractivity contribution in [2.24, 2.45) is 0 Å². The molecular formula is C9H12O5.